The van der Waals surface area contributed by atoms with Crippen molar-refractivity contribution in [3.63, 3.8) is 0 Å². The number of aryl methyl sites for hydroxylation is 1. The van der Waals surface area contributed by atoms with E-state index < -0.39 is 6.04 Å². The summed E-state index contributed by atoms with van der Waals surface area (Å²) in [5, 5.41) is 11.4. The number of carbonyl (C=O) groups excluding carboxylic acids is 2. The third-order valence-electron chi connectivity index (χ3n) is 6.20. The van der Waals surface area contributed by atoms with Crippen LogP contribution in [0.2, 0.25) is 0 Å². The van der Waals surface area contributed by atoms with Crippen molar-refractivity contribution >= 4 is 22.8 Å². The van der Waals surface area contributed by atoms with E-state index in [1.807, 2.05) is 85.8 Å². The van der Waals surface area contributed by atoms with Gasteiger partial charge in [0.15, 0.2) is 0 Å². The van der Waals surface area contributed by atoms with Crippen molar-refractivity contribution in [3.8, 4) is 0 Å². The van der Waals surface area contributed by atoms with E-state index >= 15 is 0 Å². The van der Waals surface area contributed by atoms with Crippen LogP contribution in [0.15, 0.2) is 78.9 Å². The molecule has 36 heavy (non-hydrogen) atoms. The summed E-state index contributed by atoms with van der Waals surface area (Å²) in [4.78, 5) is 29.1. The first-order chi connectivity index (χ1) is 17.4. The highest BCUT2D eigenvalue weighted by Crippen LogP contribution is 2.25. The van der Waals surface area contributed by atoms with E-state index in [0.29, 0.717) is 19.0 Å². The lowest BCUT2D eigenvalue weighted by Gasteiger charge is -2.32. The lowest BCUT2D eigenvalue weighted by molar-refractivity contribution is -0.142. The number of para-hydroxylation sites is 1. The summed E-state index contributed by atoms with van der Waals surface area (Å²) in [6, 6.07) is 24.3. The molecule has 0 spiro atoms. The van der Waals surface area contributed by atoms with Gasteiger partial charge in [0.25, 0.3) is 0 Å². The van der Waals surface area contributed by atoms with E-state index in [9.17, 15) is 9.59 Å². The summed E-state index contributed by atoms with van der Waals surface area (Å²) < 4.78 is 1.60. The van der Waals surface area contributed by atoms with Gasteiger partial charge < -0.3 is 10.2 Å². The largest absolute Gasteiger partial charge is 0.354 e. The molecule has 186 valence electrons. The van der Waals surface area contributed by atoms with Gasteiger partial charge in [-0.1, -0.05) is 91.4 Å². The Bertz CT molecular complexity index is 1300. The normalized spacial score (nSPS) is 12.0. The molecule has 3 aromatic carbocycles. The molecule has 1 heterocycles. The monoisotopic (exact) mass is 483 g/mol. The van der Waals surface area contributed by atoms with Crippen molar-refractivity contribution in [1.29, 1.82) is 0 Å². The molecule has 4 rings (SSSR count). The van der Waals surface area contributed by atoms with Crippen LogP contribution in [0.5, 0.6) is 0 Å². The molecule has 0 saturated carbocycles. The molecule has 1 N–H and O–H groups in total. The second kappa shape index (κ2) is 11.6. The lowest BCUT2D eigenvalue weighted by Crippen LogP contribution is -2.45. The number of carbonyl (C=O) groups is 2. The van der Waals surface area contributed by atoms with E-state index in [1.54, 1.807) is 9.58 Å². The SMILES string of the molecule is Cc1ccc(CN(C(=O)Cn2nnc3ccccc32)[C@@H](C(=O)NCCC(C)C)c2ccccc2)cc1. The Hall–Kier alpha value is -4.00. The summed E-state index contributed by atoms with van der Waals surface area (Å²) in [5.41, 5.74) is 4.36. The van der Waals surface area contributed by atoms with E-state index in [1.165, 1.54) is 0 Å². The molecule has 1 aromatic heterocycles. The maximum atomic E-state index is 13.9. The molecule has 1 atom stereocenters. The van der Waals surface area contributed by atoms with Gasteiger partial charge in [-0.15, -0.1) is 5.10 Å². The van der Waals surface area contributed by atoms with E-state index in [-0.39, 0.29) is 18.4 Å². The van der Waals surface area contributed by atoms with Gasteiger partial charge in [-0.05, 0) is 42.5 Å². The molecule has 0 unspecified atom stereocenters. The molecule has 2 amide bonds. The van der Waals surface area contributed by atoms with Gasteiger partial charge in [0.1, 0.15) is 18.1 Å². The Balaban J connectivity index is 1.69. The number of fused-ring (bicyclic) bond motifs is 1. The Morgan fingerprint density at radius 2 is 1.64 bits per heavy atom. The number of rotatable bonds is 10. The smallest absolute Gasteiger partial charge is 0.247 e. The predicted octanol–water partition coefficient (Wildman–Crippen LogP) is 4.67. The predicted molar refractivity (Wildman–Crippen MR) is 141 cm³/mol. The van der Waals surface area contributed by atoms with E-state index in [0.717, 1.165) is 34.1 Å². The molecule has 7 heteroatoms. The molecule has 7 nitrogen and oxygen atoms in total. The highest BCUT2D eigenvalue weighted by molar-refractivity contribution is 5.89. The van der Waals surface area contributed by atoms with Crippen molar-refractivity contribution in [2.75, 3.05) is 6.54 Å². The van der Waals surface area contributed by atoms with Crippen LogP contribution < -0.4 is 5.32 Å². The van der Waals surface area contributed by atoms with Crippen molar-refractivity contribution < 1.29 is 9.59 Å². The number of nitrogens with zero attached hydrogens (tertiary/aromatic N) is 4. The molecule has 4 aromatic rings. The van der Waals surface area contributed by atoms with Gasteiger partial charge in [-0.25, -0.2) is 4.68 Å². The highest BCUT2D eigenvalue weighted by Gasteiger charge is 2.32. The van der Waals surface area contributed by atoms with E-state index in [2.05, 4.69) is 29.5 Å². The van der Waals surface area contributed by atoms with Gasteiger partial charge in [0, 0.05) is 13.1 Å². The average Bonchev–Trinajstić information content (AvgIpc) is 3.28. The fourth-order valence-corrected chi connectivity index (χ4v) is 4.16. The van der Waals surface area contributed by atoms with Crippen LogP contribution in [0.25, 0.3) is 11.0 Å². The van der Waals surface area contributed by atoms with Gasteiger partial charge in [0.2, 0.25) is 11.8 Å². The highest BCUT2D eigenvalue weighted by atomic mass is 16.2. The quantitative estimate of drug-likeness (QED) is 0.355. The second-order valence-electron chi connectivity index (χ2n) is 9.53. The fourth-order valence-electron chi connectivity index (χ4n) is 4.16. The third kappa shape index (κ3) is 6.16. The molecular weight excluding hydrogens is 450 g/mol. The lowest BCUT2D eigenvalue weighted by atomic mass is 10.0. The second-order valence-corrected chi connectivity index (χ2v) is 9.53. The van der Waals surface area contributed by atoms with Gasteiger partial charge in [0.05, 0.1) is 5.52 Å². The fraction of sp³-hybridized carbons (Fsp3) is 0.310. The zero-order chi connectivity index (χ0) is 25.5. The first kappa shape index (κ1) is 25.1. The number of nitrogens with one attached hydrogen (secondary N) is 1. The van der Waals surface area contributed by atoms with Crippen molar-refractivity contribution in [2.45, 2.75) is 46.3 Å². The molecule has 0 aliphatic heterocycles. The summed E-state index contributed by atoms with van der Waals surface area (Å²) >= 11 is 0. The minimum Gasteiger partial charge on any atom is -0.354 e. The van der Waals surface area contributed by atoms with Crippen molar-refractivity contribution in [1.82, 2.24) is 25.2 Å². The maximum absolute atomic E-state index is 13.9. The number of benzene rings is 3. The minimum absolute atomic E-state index is 0.0189. The van der Waals surface area contributed by atoms with Crippen molar-refractivity contribution in [2.24, 2.45) is 5.92 Å². The van der Waals surface area contributed by atoms with Crippen LogP contribution in [0.3, 0.4) is 0 Å². The summed E-state index contributed by atoms with van der Waals surface area (Å²) in [7, 11) is 0. The standard InChI is InChI=1S/C29H33N5O2/c1-21(2)17-18-30-29(36)28(24-9-5-4-6-10-24)33(19-23-15-13-22(3)14-16-23)27(35)20-34-26-12-8-7-11-25(26)31-32-34/h4-16,21,28H,17-20H2,1-3H3,(H,30,36)/t28-/m1/s1. The minimum atomic E-state index is -0.776. The van der Waals surface area contributed by atoms with Crippen LogP contribution in [0.1, 0.15) is 43.0 Å². The maximum Gasteiger partial charge on any atom is 0.247 e. The number of aromatic nitrogens is 3. The molecule has 0 radical (unpaired) electrons. The zero-order valence-electron chi connectivity index (χ0n) is 21.1. The number of amides is 2. The Morgan fingerprint density at radius 1 is 0.944 bits per heavy atom. The number of hydrogen-bond acceptors (Lipinski definition) is 4. The van der Waals surface area contributed by atoms with Gasteiger partial charge >= 0.3 is 0 Å². The topological polar surface area (TPSA) is 80.1 Å². The third-order valence-corrected chi connectivity index (χ3v) is 6.20. The van der Waals surface area contributed by atoms with Crippen molar-refractivity contribution in [3.05, 3.63) is 95.6 Å². The van der Waals surface area contributed by atoms with Crippen LogP contribution in [0.4, 0.5) is 0 Å². The van der Waals surface area contributed by atoms with E-state index in [4.69, 9.17) is 0 Å². The molecule has 0 fully saturated rings. The number of hydrogen-bond donors (Lipinski definition) is 1. The molecule has 0 aliphatic carbocycles. The molecule has 0 bridgehead atoms. The Kier molecular flexibility index (Phi) is 8.10. The Labute approximate surface area is 212 Å². The van der Waals surface area contributed by atoms with Crippen LogP contribution in [-0.4, -0.2) is 38.3 Å². The summed E-state index contributed by atoms with van der Waals surface area (Å²) in [6.07, 6.45) is 0.865. The Morgan fingerprint density at radius 3 is 2.36 bits per heavy atom. The first-order valence-corrected chi connectivity index (χ1v) is 12.4. The molecule has 0 saturated heterocycles. The molecule has 0 aliphatic rings. The van der Waals surface area contributed by atoms with Gasteiger partial charge in [-0.2, -0.15) is 0 Å². The van der Waals surface area contributed by atoms with Crippen LogP contribution in [-0.2, 0) is 22.7 Å². The first-order valence-electron chi connectivity index (χ1n) is 12.4. The zero-order valence-corrected chi connectivity index (χ0v) is 21.1. The van der Waals surface area contributed by atoms with Crippen LogP contribution >= 0.6 is 0 Å². The molecular formula is C29H33N5O2. The van der Waals surface area contributed by atoms with Gasteiger partial charge in [-0.3, -0.25) is 9.59 Å². The summed E-state index contributed by atoms with van der Waals surface area (Å²) in [5.74, 6) is 0.0659. The van der Waals surface area contributed by atoms with Crippen LogP contribution in [0, 0.1) is 12.8 Å². The summed E-state index contributed by atoms with van der Waals surface area (Å²) in [6.45, 7) is 7.10. The average molecular weight is 484 g/mol.